The monoisotopic (exact) mass is 272 g/mol. The van der Waals surface area contributed by atoms with Crippen molar-refractivity contribution in [2.75, 3.05) is 20.2 Å². The van der Waals surface area contributed by atoms with Crippen LogP contribution in [0.15, 0.2) is 24.3 Å². The van der Waals surface area contributed by atoms with Crippen LogP contribution in [0.2, 0.25) is 0 Å². The quantitative estimate of drug-likeness (QED) is 0.784. The average molecular weight is 272 g/mol. The van der Waals surface area contributed by atoms with E-state index in [1.807, 2.05) is 19.2 Å². The maximum atomic E-state index is 5.88. The summed E-state index contributed by atoms with van der Waals surface area (Å²) >= 11 is 0. The average Bonchev–Trinajstić information content (AvgIpc) is 2.45. The standard InChI is InChI=1S/C17H24N2O/c1-4-5-11-20-16-8-6-7-14-12-13(2)15(9-10-18-3)19-17(14)16/h6-8,12,18H,4-5,9-11H2,1-3H3. The predicted octanol–water partition coefficient (Wildman–Crippen LogP) is 3.48. The minimum Gasteiger partial charge on any atom is -0.491 e. The van der Waals surface area contributed by atoms with Crippen LogP contribution >= 0.6 is 0 Å². The van der Waals surface area contributed by atoms with Gasteiger partial charge in [0.15, 0.2) is 0 Å². The van der Waals surface area contributed by atoms with Crippen molar-refractivity contribution in [1.29, 1.82) is 0 Å². The zero-order valence-corrected chi connectivity index (χ0v) is 12.7. The molecule has 1 aromatic heterocycles. The first-order valence-electron chi connectivity index (χ1n) is 7.43. The van der Waals surface area contributed by atoms with Gasteiger partial charge in [0.25, 0.3) is 0 Å². The molecule has 1 aromatic carbocycles. The van der Waals surface area contributed by atoms with E-state index in [0.717, 1.165) is 54.8 Å². The van der Waals surface area contributed by atoms with Crippen LogP contribution in [0.3, 0.4) is 0 Å². The number of para-hydroxylation sites is 1. The van der Waals surface area contributed by atoms with Crippen molar-refractivity contribution >= 4 is 10.9 Å². The maximum absolute atomic E-state index is 5.88. The molecule has 1 heterocycles. The van der Waals surface area contributed by atoms with Crippen LogP contribution in [0, 0.1) is 6.92 Å². The summed E-state index contributed by atoms with van der Waals surface area (Å²) in [6, 6.07) is 8.37. The van der Waals surface area contributed by atoms with Crippen molar-refractivity contribution in [3.8, 4) is 5.75 Å². The highest BCUT2D eigenvalue weighted by atomic mass is 16.5. The number of benzene rings is 1. The molecule has 108 valence electrons. The molecule has 2 rings (SSSR count). The van der Waals surface area contributed by atoms with Crippen LogP contribution in [0.5, 0.6) is 5.75 Å². The van der Waals surface area contributed by atoms with Gasteiger partial charge >= 0.3 is 0 Å². The highest BCUT2D eigenvalue weighted by Crippen LogP contribution is 2.26. The van der Waals surface area contributed by atoms with Gasteiger partial charge in [-0.15, -0.1) is 0 Å². The predicted molar refractivity (Wildman–Crippen MR) is 84.5 cm³/mol. The van der Waals surface area contributed by atoms with Crippen LogP contribution in [0.1, 0.15) is 31.0 Å². The number of nitrogens with one attached hydrogen (secondary N) is 1. The van der Waals surface area contributed by atoms with E-state index in [2.05, 4.69) is 31.3 Å². The van der Waals surface area contributed by atoms with Crippen molar-refractivity contribution < 1.29 is 4.74 Å². The molecule has 20 heavy (non-hydrogen) atoms. The van der Waals surface area contributed by atoms with Crippen LogP contribution in [0.4, 0.5) is 0 Å². The second kappa shape index (κ2) is 7.25. The highest BCUT2D eigenvalue weighted by molar-refractivity contribution is 5.85. The van der Waals surface area contributed by atoms with Crippen molar-refractivity contribution in [2.45, 2.75) is 33.1 Å². The van der Waals surface area contributed by atoms with E-state index in [-0.39, 0.29) is 0 Å². The van der Waals surface area contributed by atoms with E-state index in [1.54, 1.807) is 0 Å². The van der Waals surface area contributed by atoms with Crippen molar-refractivity contribution in [3.05, 3.63) is 35.5 Å². The third-order valence-electron chi connectivity index (χ3n) is 3.47. The van der Waals surface area contributed by atoms with E-state index in [9.17, 15) is 0 Å². The lowest BCUT2D eigenvalue weighted by molar-refractivity contribution is 0.312. The number of nitrogens with zero attached hydrogens (tertiary/aromatic N) is 1. The summed E-state index contributed by atoms with van der Waals surface area (Å²) in [5.74, 6) is 0.904. The fourth-order valence-corrected chi connectivity index (χ4v) is 2.25. The van der Waals surface area contributed by atoms with E-state index in [0.29, 0.717) is 0 Å². The van der Waals surface area contributed by atoms with E-state index < -0.39 is 0 Å². The minimum absolute atomic E-state index is 0.761. The molecule has 0 unspecified atom stereocenters. The Morgan fingerprint density at radius 2 is 2.15 bits per heavy atom. The molecule has 0 radical (unpaired) electrons. The van der Waals surface area contributed by atoms with Gasteiger partial charge < -0.3 is 10.1 Å². The normalized spacial score (nSPS) is 10.9. The summed E-state index contributed by atoms with van der Waals surface area (Å²) in [7, 11) is 1.97. The van der Waals surface area contributed by atoms with E-state index >= 15 is 0 Å². The zero-order chi connectivity index (χ0) is 14.4. The van der Waals surface area contributed by atoms with Gasteiger partial charge in [0, 0.05) is 24.0 Å². The van der Waals surface area contributed by atoms with Gasteiger partial charge in [-0.3, -0.25) is 0 Å². The maximum Gasteiger partial charge on any atom is 0.145 e. The third-order valence-corrected chi connectivity index (χ3v) is 3.47. The summed E-state index contributed by atoms with van der Waals surface area (Å²) in [5.41, 5.74) is 3.39. The van der Waals surface area contributed by atoms with Crippen molar-refractivity contribution in [2.24, 2.45) is 0 Å². The second-order valence-electron chi connectivity index (χ2n) is 5.14. The number of fused-ring (bicyclic) bond motifs is 1. The molecule has 0 aliphatic rings. The summed E-state index contributed by atoms with van der Waals surface area (Å²) in [6.07, 6.45) is 3.17. The zero-order valence-electron chi connectivity index (χ0n) is 12.7. The lowest BCUT2D eigenvalue weighted by Gasteiger charge is -2.11. The number of hydrogen-bond donors (Lipinski definition) is 1. The molecule has 1 N–H and O–H groups in total. The molecule has 3 heteroatoms. The number of hydrogen-bond acceptors (Lipinski definition) is 3. The smallest absolute Gasteiger partial charge is 0.145 e. The number of aryl methyl sites for hydroxylation is 1. The molecule has 0 amide bonds. The van der Waals surface area contributed by atoms with Crippen LogP contribution in [0.25, 0.3) is 10.9 Å². The Balaban J connectivity index is 2.33. The molecule has 0 saturated heterocycles. The van der Waals surface area contributed by atoms with Crippen molar-refractivity contribution in [1.82, 2.24) is 10.3 Å². The van der Waals surface area contributed by atoms with Crippen LogP contribution < -0.4 is 10.1 Å². The molecule has 0 saturated carbocycles. The Kier molecular flexibility index (Phi) is 5.36. The lowest BCUT2D eigenvalue weighted by Crippen LogP contribution is -2.12. The molecule has 0 bridgehead atoms. The van der Waals surface area contributed by atoms with Gasteiger partial charge in [0.05, 0.1) is 6.61 Å². The summed E-state index contributed by atoms with van der Waals surface area (Å²) in [6.45, 7) is 6.00. The summed E-state index contributed by atoms with van der Waals surface area (Å²) in [4.78, 5) is 4.83. The Hall–Kier alpha value is -1.61. The number of ether oxygens (including phenoxy) is 1. The lowest BCUT2D eigenvalue weighted by atomic mass is 10.1. The molecular formula is C17H24N2O. The Morgan fingerprint density at radius 1 is 1.30 bits per heavy atom. The van der Waals surface area contributed by atoms with Crippen LogP contribution in [-0.4, -0.2) is 25.2 Å². The first-order chi connectivity index (χ1) is 9.76. The molecule has 0 aliphatic carbocycles. The Morgan fingerprint density at radius 3 is 2.90 bits per heavy atom. The summed E-state index contributed by atoms with van der Waals surface area (Å²) in [5, 5.41) is 4.33. The van der Waals surface area contributed by atoms with Gasteiger partial charge in [-0.2, -0.15) is 0 Å². The minimum atomic E-state index is 0.761. The van der Waals surface area contributed by atoms with E-state index in [1.165, 1.54) is 5.56 Å². The SMILES string of the molecule is CCCCOc1cccc2cc(C)c(CCNC)nc12. The largest absolute Gasteiger partial charge is 0.491 e. The first kappa shape index (κ1) is 14.8. The van der Waals surface area contributed by atoms with Crippen molar-refractivity contribution in [3.63, 3.8) is 0 Å². The summed E-state index contributed by atoms with van der Waals surface area (Å²) < 4.78 is 5.88. The number of pyridine rings is 1. The number of aromatic nitrogens is 1. The molecular weight excluding hydrogens is 248 g/mol. The number of unbranched alkanes of at least 4 members (excludes halogenated alkanes) is 1. The third kappa shape index (κ3) is 3.48. The Labute approximate surface area is 121 Å². The number of likely N-dealkylation sites (N-methyl/N-ethyl adjacent to an activating group) is 1. The first-order valence-corrected chi connectivity index (χ1v) is 7.43. The highest BCUT2D eigenvalue weighted by Gasteiger charge is 2.08. The van der Waals surface area contributed by atoms with Gasteiger partial charge in [0.1, 0.15) is 11.3 Å². The fraction of sp³-hybridized carbons (Fsp3) is 0.471. The fourth-order valence-electron chi connectivity index (χ4n) is 2.25. The van der Waals surface area contributed by atoms with Gasteiger partial charge in [-0.05, 0) is 38.1 Å². The van der Waals surface area contributed by atoms with Gasteiger partial charge in [-0.25, -0.2) is 4.98 Å². The Bertz CT molecular complexity index is 566. The molecule has 2 aromatic rings. The molecule has 0 fully saturated rings. The molecule has 0 aliphatic heterocycles. The second-order valence-corrected chi connectivity index (χ2v) is 5.14. The van der Waals surface area contributed by atoms with Gasteiger partial charge in [0.2, 0.25) is 0 Å². The number of rotatable bonds is 7. The van der Waals surface area contributed by atoms with Gasteiger partial charge in [-0.1, -0.05) is 25.5 Å². The molecule has 0 atom stereocenters. The topological polar surface area (TPSA) is 34.1 Å². The molecule has 3 nitrogen and oxygen atoms in total. The molecule has 0 spiro atoms. The van der Waals surface area contributed by atoms with E-state index in [4.69, 9.17) is 9.72 Å². The van der Waals surface area contributed by atoms with Crippen LogP contribution in [-0.2, 0) is 6.42 Å².